The lowest BCUT2D eigenvalue weighted by atomic mass is 9.82. The molecule has 3 nitrogen and oxygen atoms in total. The van der Waals surface area contributed by atoms with Crippen molar-refractivity contribution in [1.29, 1.82) is 0 Å². The third-order valence-corrected chi connectivity index (χ3v) is 4.17. The Balaban J connectivity index is 2.11. The molecular weight excluding hydrogens is 276 g/mol. The second kappa shape index (κ2) is 7.30. The maximum Gasteiger partial charge on any atom is 0.190 e. The molecule has 1 aromatic rings. The minimum absolute atomic E-state index is 0.0472. The van der Waals surface area contributed by atoms with Crippen LogP contribution in [0, 0.1) is 0 Å². The second-order valence-corrected chi connectivity index (χ2v) is 5.83. The lowest BCUT2D eigenvalue weighted by Gasteiger charge is -2.18. The van der Waals surface area contributed by atoms with E-state index in [4.69, 9.17) is 0 Å². The summed E-state index contributed by atoms with van der Waals surface area (Å²) >= 11 is 0. The van der Waals surface area contributed by atoms with Crippen molar-refractivity contribution in [2.24, 2.45) is 0 Å². The fraction of sp³-hybridized carbons (Fsp3) is 0.421. The van der Waals surface area contributed by atoms with Gasteiger partial charge >= 0.3 is 0 Å². The molecule has 0 atom stereocenters. The van der Waals surface area contributed by atoms with Gasteiger partial charge < -0.3 is 0 Å². The zero-order valence-electron chi connectivity index (χ0n) is 13.3. The van der Waals surface area contributed by atoms with E-state index in [-0.39, 0.29) is 23.8 Å². The van der Waals surface area contributed by atoms with Crippen LogP contribution in [0.15, 0.2) is 35.4 Å². The summed E-state index contributed by atoms with van der Waals surface area (Å²) in [6.07, 6.45) is 4.71. The van der Waals surface area contributed by atoms with Gasteiger partial charge in [-0.3, -0.25) is 14.4 Å². The molecule has 3 heteroatoms. The van der Waals surface area contributed by atoms with Crippen molar-refractivity contribution in [3.8, 4) is 0 Å². The zero-order chi connectivity index (χ0) is 16.1. The molecule has 1 aromatic carbocycles. The maximum absolute atomic E-state index is 12.5. The third kappa shape index (κ3) is 3.41. The predicted molar refractivity (Wildman–Crippen MR) is 86.2 cm³/mol. The molecule has 0 bridgehead atoms. The number of hydrogen-bond donors (Lipinski definition) is 0. The molecule has 0 radical (unpaired) electrons. The van der Waals surface area contributed by atoms with Gasteiger partial charge in [-0.25, -0.2) is 0 Å². The van der Waals surface area contributed by atoms with E-state index in [0.29, 0.717) is 28.7 Å². The standard InChI is InChI=1S/C19H22O3/c1-3-4-5-6-9-14(20)12-17-13(2)18(21)15-10-7-8-11-16(15)19(17)22/h7-8,10-11H,3-6,9,12H2,1-2H3. The normalized spacial score (nSPS) is 14.3. The summed E-state index contributed by atoms with van der Waals surface area (Å²) in [6.45, 7) is 3.77. The fourth-order valence-corrected chi connectivity index (χ4v) is 2.80. The smallest absolute Gasteiger partial charge is 0.190 e. The summed E-state index contributed by atoms with van der Waals surface area (Å²) in [4.78, 5) is 36.9. The molecule has 22 heavy (non-hydrogen) atoms. The Kier molecular flexibility index (Phi) is 5.42. The molecule has 0 spiro atoms. The van der Waals surface area contributed by atoms with Crippen LogP contribution in [0.1, 0.15) is 73.1 Å². The topological polar surface area (TPSA) is 51.2 Å². The summed E-state index contributed by atoms with van der Waals surface area (Å²) in [5.74, 6) is -0.260. The van der Waals surface area contributed by atoms with Gasteiger partial charge in [-0.1, -0.05) is 50.5 Å². The first-order chi connectivity index (χ1) is 10.6. The number of carbonyl (C=O) groups excluding carboxylic acids is 3. The maximum atomic E-state index is 12.5. The van der Waals surface area contributed by atoms with Crippen molar-refractivity contribution in [2.75, 3.05) is 0 Å². The Hall–Kier alpha value is -2.03. The van der Waals surface area contributed by atoms with Gasteiger partial charge in [-0.15, -0.1) is 0 Å². The van der Waals surface area contributed by atoms with Gasteiger partial charge in [-0.2, -0.15) is 0 Å². The van der Waals surface area contributed by atoms with Gasteiger partial charge in [0, 0.05) is 35.1 Å². The van der Waals surface area contributed by atoms with Crippen molar-refractivity contribution in [1.82, 2.24) is 0 Å². The SMILES string of the molecule is CCCCCCC(=O)CC1=C(C)C(=O)c2ccccc2C1=O. The van der Waals surface area contributed by atoms with Gasteiger partial charge in [0.15, 0.2) is 11.6 Å². The first kappa shape index (κ1) is 16.3. The van der Waals surface area contributed by atoms with Crippen LogP contribution in [0.5, 0.6) is 0 Å². The van der Waals surface area contributed by atoms with E-state index < -0.39 is 0 Å². The van der Waals surface area contributed by atoms with Gasteiger partial charge in [-0.05, 0) is 13.3 Å². The van der Waals surface area contributed by atoms with Crippen LogP contribution in [0.2, 0.25) is 0 Å². The van der Waals surface area contributed by atoms with Crippen molar-refractivity contribution in [3.05, 3.63) is 46.5 Å². The fourth-order valence-electron chi connectivity index (χ4n) is 2.80. The largest absolute Gasteiger partial charge is 0.299 e. The number of Topliss-reactive ketones (excluding diaryl/α,β-unsaturated/α-hetero) is 3. The monoisotopic (exact) mass is 298 g/mol. The Morgan fingerprint density at radius 3 is 2.23 bits per heavy atom. The van der Waals surface area contributed by atoms with Crippen LogP contribution >= 0.6 is 0 Å². The number of benzene rings is 1. The summed E-state index contributed by atoms with van der Waals surface area (Å²) < 4.78 is 0. The van der Waals surface area contributed by atoms with Crippen LogP contribution in [-0.2, 0) is 4.79 Å². The Morgan fingerprint density at radius 1 is 0.955 bits per heavy atom. The average Bonchev–Trinajstić information content (AvgIpc) is 2.53. The van der Waals surface area contributed by atoms with E-state index in [1.807, 2.05) is 0 Å². The second-order valence-electron chi connectivity index (χ2n) is 5.83. The first-order valence-electron chi connectivity index (χ1n) is 7.96. The first-order valence-corrected chi connectivity index (χ1v) is 7.96. The van der Waals surface area contributed by atoms with Crippen molar-refractivity contribution in [2.45, 2.75) is 52.4 Å². The van der Waals surface area contributed by atoms with Crippen LogP contribution in [-0.4, -0.2) is 17.3 Å². The molecule has 0 heterocycles. The zero-order valence-corrected chi connectivity index (χ0v) is 13.3. The van der Waals surface area contributed by atoms with E-state index in [2.05, 4.69) is 6.92 Å². The summed E-state index contributed by atoms with van der Waals surface area (Å²) in [7, 11) is 0. The summed E-state index contributed by atoms with van der Waals surface area (Å²) in [5, 5.41) is 0. The van der Waals surface area contributed by atoms with Crippen LogP contribution in [0.3, 0.4) is 0 Å². The minimum Gasteiger partial charge on any atom is -0.299 e. The third-order valence-electron chi connectivity index (χ3n) is 4.17. The molecule has 0 aliphatic heterocycles. The number of ketones is 3. The average molecular weight is 298 g/mol. The summed E-state index contributed by atoms with van der Waals surface area (Å²) in [6, 6.07) is 6.83. The predicted octanol–water partition coefficient (Wildman–Crippen LogP) is 4.31. The lowest BCUT2D eigenvalue weighted by Crippen LogP contribution is -2.22. The minimum atomic E-state index is -0.172. The highest BCUT2D eigenvalue weighted by molar-refractivity contribution is 6.27. The number of hydrogen-bond acceptors (Lipinski definition) is 3. The molecule has 0 fully saturated rings. The molecular formula is C19H22O3. The molecule has 0 aromatic heterocycles. The number of carbonyl (C=O) groups is 3. The number of allylic oxidation sites excluding steroid dienone is 2. The van der Waals surface area contributed by atoms with E-state index in [1.165, 1.54) is 0 Å². The molecule has 1 aliphatic rings. The number of unbranched alkanes of at least 4 members (excludes halogenated alkanes) is 3. The van der Waals surface area contributed by atoms with E-state index in [9.17, 15) is 14.4 Å². The van der Waals surface area contributed by atoms with E-state index in [1.54, 1.807) is 31.2 Å². The highest BCUT2D eigenvalue weighted by atomic mass is 16.1. The molecule has 0 unspecified atom stereocenters. The van der Waals surface area contributed by atoms with Gasteiger partial charge in [0.2, 0.25) is 0 Å². The molecule has 0 amide bonds. The van der Waals surface area contributed by atoms with Crippen LogP contribution in [0.25, 0.3) is 0 Å². The van der Waals surface area contributed by atoms with Crippen molar-refractivity contribution >= 4 is 17.3 Å². The molecule has 0 N–H and O–H groups in total. The highest BCUT2D eigenvalue weighted by Gasteiger charge is 2.30. The Labute approximate surface area is 131 Å². The molecule has 116 valence electrons. The number of fused-ring (bicyclic) bond motifs is 1. The van der Waals surface area contributed by atoms with E-state index in [0.717, 1.165) is 25.7 Å². The lowest BCUT2D eigenvalue weighted by molar-refractivity contribution is -0.118. The van der Waals surface area contributed by atoms with Crippen LogP contribution < -0.4 is 0 Å². The van der Waals surface area contributed by atoms with Crippen molar-refractivity contribution in [3.63, 3.8) is 0 Å². The molecule has 0 saturated carbocycles. The van der Waals surface area contributed by atoms with Gasteiger partial charge in [0.05, 0.1) is 0 Å². The Bertz CT molecular complexity index is 638. The van der Waals surface area contributed by atoms with Crippen LogP contribution in [0.4, 0.5) is 0 Å². The van der Waals surface area contributed by atoms with Gasteiger partial charge in [0.1, 0.15) is 5.78 Å². The molecule has 1 aliphatic carbocycles. The van der Waals surface area contributed by atoms with E-state index >= 15 is 0 Å². The van der Waals surface area contributed by atoms with Crippen molar-refractivity contribution < 1.29 is 14.4 Å². The summed E-state index contributed by atoms with van der Waals surface area (Å²) in [5.41, 5.74) is 1.67. The molecule has 0 saturated heterocycles. The molecule has 2 rings (SSSR count). The Morgan fingerprint density at radius 2 is 1.59 bits per heavy atom. The van der Waals surface area contributed by atoms with Gasteiger partial charge in [0.25, 0.3) is 0 Å². The number of rotatable bonds is 7. The quantitative estimate of drug-likeness (QED) is 0.705. The highest BCUT2D eigenvalue weighted by Crippen LogP contribution is 2.28.